The van der Waals surface area contributed by atoms with E-state index in [4.69, 9.17) is 0 Å². The van der Waals surface area contributed by atoms with Crippen LogP contribution in [0, 0.1) is 0 Å². The fourth-order valence-corrected chi connectivity index (χ4v) is 3.85. The zero-order valence-electron chi connectivity index (χ0n) is 12.3. The van der Waals surface area contributed by atoms with Crippen LogP contribution in [-0.2, 0) is 16.6 Å². The summed E-state index contributed by atoms with van der Waals surface area (Å²) >= 11 is 0. The lowest BCUT2D eigenvalue weighted by Gasteiger charge is -2.38. The van der Waals surface area contributed by atoms with Gasteiger partial charge in [0.1, 0.15) is 0 Å². The molecule has 0 spiro atoms. The normalized spacial score (nSPS) is 17.7. The number of rotatable bonds is 7. The van der Waals surface area contributed by atoms with Crippen LogP contribution in [0.1, 0.15) is 45.1 Å². The molecule has 0 heterocycles. The van der Waals surface area contributed by atoms with Crippen LogP contribution in [0.15, 0.2) is 29.2 Å². The number of nitrogens with one attached hydrogen (secondary N) is 2. The second-order valence-corrected chi connectivity index (χ2v) is 7.52. The maximum Gasteiger partial charge on any atom is 0.241 e. The average molecular weight is 296 g/mol. The molecule has 0 amide bonds. The van der Waals surface area contributed by atoms with Gasteiger partial charge >= 0.3 is 0 Å². The summed E-state index contributed by atoms with van der Waals surface area (Å²) in [6.07, 6.45) is 4.03. The van der Waals surface area contributed by atoms with E-state index in [2.05, 4.69) is 17.0 Å². The van der Waals surface area contributed by atoms with Gasteiger partial charge in [-0.05, 0) is 56.8 Å². The third kappa shape index (κ3) is 3.81. The van der Waals surface area contributed by atoms with Gasteiger partial charge in [0.15, 0.2) is 0 Å². The number of benzene rings is 1. The molecule has 0 bridgehead atoms. The predicted octanol–water partition coefficient (Wildman–Crippen LogP) is 2.41. The maximum absolute atomic E-state index is 12.3. The highest BCUT2D eigenvalue weighted by molar-refractivity contribution is 7.89. The largest absolute Gasteiger partial charge is 0.313 e. The Hall–Kier alpha value is -0.910. The topological polar surface area (TPSA) is 58.2 Å². The summed E-state index contributed by atoms with van der Waals surface area (Å²) in [4.78, 5) is 0.352. The molecule has 1 aromatic carbocycles. The summed E-state index contributed by atoms with van der Waals surface area (Å²) in [7, 11) is -3.39. The summed E-state index contributed by atoms with van der Waals surface area (Å²) in [5.74, 6) is 0. The molecule has 0 unspecified atom stereocenters. The molecule has 4 nitrogen and oxygen atoms in total. The van der Waals surface area contributed by atoms with Gasteiger partial charge in [-0.2, -0.15) is 0 Å². The molecule has 1 aromatic rings. The van der Waals surface area contributed by atoms with Crippen LogP contribution >= 0.6 is 0 Å². The smallest absolute Gasteiger partial charge is 0.241 e. The maximum atomic E-state index is 12.3. The second kappa shape index (κ2) is 6.24. The zero-order chi connectivity index (χ0) is 14.6. The Morgan fingerprint density at radius 2 is 1.85 bits per heavy atom. The first kappa shape index (κ1) is 15.5. The van der Waals surface area contributed by atoms with Gasteiger partial charge in [0.2, 0.25) is 10.0 Å². The van der Waals surface area contributed by atoms with Crippen molar-refractivity contribution in [3.8, 4) is 0 Å². The minimum atomic E-state index is -3.39. The number of sulfonamides is 1. The molecule has 1 fully saturated rings. The molecule has 112 valence electrons. The van der Waals surface area contributed by atoms with Crippen molar-refractivity contribution >= 4 is 10.0 Å². The molecule has 0 radical (unpaired) electrons. The first-order valence-corrected chi connectivity index (χ1v) is 8.77. The lowest BCUT2D eigenvalue weighted by atomic mass is 9.80. The molecule has 0 saturated heterocycles. The van der Waals surface area contributed by atoms with E-state index in [-0.39, 0.29) is 5.54 Å². The van der Waals surface area contributed by atoms with Crippen molar-refractivity contribution in [3.63, 3.8) is 0 Å². The molecule has 0 aliphatic heterocycles. The van der Waals surface area contributed by atoms with Crippen LogP contribution in [0.4, 0.5) is 0 Å². The van der Waals surface area contributed by atoms with E-state index in [0.717, 1.165) is 44.3 Å². The Bertz CT molecular complexity index is 533. The van der Waals surface area contributed by atoms with Gasteiger partial charge in [-0.15, -0.1) is 0 Å². The van der Waals surface area contributed by atoms with E-state index in [1.807, 2.05) is 19.1 Å². The summed E-state index contributed by atoms with van der Waals surface area (Å²) in [5.41, 5.74) is 0.854. The van der Waals surface area contributed by atoms with Crippen molar-refractivity contribution in [3.05, 3.63) is 29.8 Å². The van der Waals surface area contributed by atoms with Gasteiger partial charge in [-0.1, -0.05) is 19.1 Å². The van der Waals surface area contributed by atoms with E-state index in [1.54, 1.807) is 12.1 Å². The van der Waals surface area contributed by atoms with Crippen LogP contribution < -0.4 is 10.0 Å². The Labute approximate surface area is 122 Å². The van der Waals surface area contributed by atoms with Crippen LogP contribution in [0.2, 0.25) is 0 Å². The SMILES string of the molecule is CCCNCc1ccc(S(=O)(=O)NC2(C)CCC2)cc1. The fourth-order valence-electron chi connectivity index (χ4n) is 2.39. The standard InChI is InChI=1S/C15H24N2O2S/c1-3-11-16-12-13-5-7-14(8-6-13)20(18,19)17-15(2)9-4-10-15/h5-8,16-17H,3-4,9-12H2,1-2H3. The predicted molar refractivity (Wildman–Crippen MR) is 81.0 cm³/mol. The summed E-state index contributed by atoms with van der Waals surface area (Å²) < 4.78 is 27.4. The van der Waals surface area contributed by atoms with Crippen molar-refractivity contribution in [2.75, 3.05) is 6.54 Å². The van der Waals surface area contributed by atoms with Crippen molar-refractivity contribution < 1.29 is 8.42 Å². The molecular weight excluding hydrogens is 272 g/mol. The molecule has 1 saturated carbocycles. The molecule has 1 aliphatic rings. The van der Waals surface area contributed by atoms with Crippen molar-refractivity contribution in [2.45, 2.75) is 56.5 Å². The van der Waals surface area contributed by atoms with E-state index in [0.29, 0.717) is 4.90 Å². The van der Waals surface area contributed by atoms with E-state index >= 15 is 0 Å². The number of hydrogen-bond acceptors (Lipinski definition) is 3. The third-order valence-electron chi connectivity index (χ3n) is 3.83. The number of hydrogen-bond donors (Lipinski definition) is 2. The van der Waals surface area contributed by atoms with Crippen LogP contribution in [-0.4, -0.2) is 20.5 Å². The molecular formula is C15H24N2O2S. The van der Waals surface area contributed by atoms with Gasteiger partial charge in [0, 0.05) is 12.1 Å². The van der Waals surface area contributed by atoms with Gasteiger partial charge in [-0.25, -0.2) is 13.1 Å². The second-order valence-electron chi connectivity index (χ2n) is 5.84. The van der Waals surface area contributed by atoms with Crippen LogP contribution in [0.5, 0.6) is 0 Å². The highest BCUT2D eigenvalue weighted by Gasteiger charge is 2.36. The van der Waals surface area contributed by atoms with Gasteiger partial charge in [-0.3, -0.25) is 0 Å². The monoisotopic (exact) mass is 296 g/mol. The molecule has 0 aromatic heterocycles. The Morgan fingerprint density at radius 1 is 1.20 bits per heavy atom. The third-order valence-corrected chi connectivity index (χ3v) is 5.48. The Balaban J connectivity index is 2.01. The van der Waals surface area contributed by atoms with Crippen molar-refractivity contribution in [1.82, 2.24) is 10.0 Å². The lowest BCUT2D eigenvalue weighted by molar-refractivity contribution is 0.248. The van der Waals surface area contributed by atoms with Crippen LogP contribution in [0.25, 0.3) is 0 Å². The average Bonchev–Trinajstić information content (AvgIpc) is 2.37. The molecule has 0 atom stereocenters. The van der Waals surface area contributed by atoms with Gasteiger partial charge in [0.05, 0.1) is 4.90 Å². The van der Waals surface area contributed by atoms with E-state index in [9.17, 15) is 8.42 Å². The summed E-state index contributed by atoms with van der Waals surface area (Å²) in [5, 5.41) is 3.30. The highest BCUT2D eigenvalue weighted by Crippen LogP contribution is 2.32. The molecule has 5 heteroatoms. The molecule has 1 aliphatic carbocycles. The molecule has 2 N–H and O–H groups in total. The minimum Gasteiger partial charge on any atom is -0.313 e. The quantitative estimate of drug-likeness (QED) is 0.760. The van der Waals surface area contributed by atoms with E-state index in [1.165, 1.54) is 0 Å². The minimum absolute atomic E-state index is 0.250. The summed E-state index contributed by atoms with van der Waals surface area (Å²) in [6, 6.07) is 7.13. The molecule has 2 rings (SSSR count). The summed E-state index contributed by atoms with van der Waals surface area (Å²) in [6.45, 7) is 5.84. The first-order chi connectivity index (χ1) is 9.45. The van der Waals surface area contributed by atoms with E-state index < -0.39 is 10.0 Å². The Kier molecular flexibility index (Phi) is 4.83. The van der Waals surface area contributed by atoms with Crippen LogP contribution in [0.3, 0.4) is 0 Å². The lowest BCUT2D eigenvalue weighted by Crippen LogP contribution is -2.50. The van der Waals surface area contributed by atoms with Gasteiger partial charge in [0.25, 0.3) is 0 Å². The zero-order valence-corrected chi connectivity index (χ0v) is 13.1. The Morgan fingerprint density at radius 3 is 2.35 bits per heavy atom. The highest BCUT2D eigenvalue weighted by atomic mass is 32.2. The molecule has 20 heavy (non-hydrogen) atoms. The van der Waals surface area contributed by atoms with Crippen molar-refractivity contribution in [2.24, 2.45) is 0 Å². The first-order valence-electron chi connectivity index (χ1n) is 7.29. The fraction of sp³-hybridized carbons (Fsp3) is 0.600. The van der Waals surface area contributed by atoms with Gasteiger partial charge < -0.3 is 5.32 Å². The van der Waals surface area contributed by atoms with Crippen molar-refractivity contribution in [1.29, 1.82) is 0 Å².